The molecular weight excluding hydrogens is 276 g/mol. The Morgan fingerprint density at radius 1 is 1.18 bits per heavy atom. The summed E-state index contributed by atoms with van der Waals surface area (Å²) in [7, 11) is 1.80. The number of carbonyl (C=O) groups is 2. The summed E-state index contributed by atoms with van der Waals surface area (Å²) in [6.07, 6.45) is 4.83. The fraction of sp³-hybridized carbons (Fsp3) is 0.556. The van der Waals surface area contributed by atoms with Gasteiger partial charge in [0.25, 0.3) is 0 Å². The van der Waals surface area contributed by atoms with Crippen molar-refractivity contribution >= 4 is 11.8 Å². The highest BCUT2D eigenvalue weighted by Crippen LogP contribution is 2.37. The van der Waals surface area contributed by atoms with Crippen LogP contribution in [0.4, 0.5) is 0 Å². The molecule has 2 fully saturated rings. The van der Waals surface area contributed by atoms with Gasteiger partial charge in [0.2, 0.25) is 11.8 Å². The van der Waals surface area contributed by atoms with Gasteiger partial charge in [0.1, 0.15) is 0 Å². The molecule has 4 heteroatoms. The molecule has 2 aliphatic rings. The Balaban J connectivity index is 1.79. The van der Waals surface area contributed by atoms with Gasteiger partial charge in [-0.15, -0.1) is 0 Å². The third kappa shape index (κ3) is 2.87. The van der Waals surface area contributed by atoms with E-state index in [1.807, 2.05) is 31.2 Å². The smallest absolute Gasteiger partial charge is 0.226 e. The van der Waals surface area contributed by atoms with Gasteiger partial charge in [0, 0.05) is 19.5 Å². The lowest BCUT2D eigenvalue weighted by molar-refractivity contribution is -0.128. The van der Waals surface area contributed by atoms with E-state index in [1.165, 1.54) is 18.4 Å². The summed E-state index contributed by atoms with van der Waals surface area (Å²) in [5.74, 6) is -0.187. The molecule has 4 nitrogen and oxygen atoms in total. The predicted octanol–water partition coefficient (Wildman–Crippen LogP) is 2.57. The van der Waals surface area contributed by atoms with Crippen LogP contribution in [0.3, 0.4) is 0 Å². The van der Waals surface area contributed by atoms with Crippen molar-refractivity contribution in [3.05, 3.63) is 35.4 Å². The highest BCUT2D eigenvalue weighted by molar-refractivity contribution is 5.90. The van der Waals surface area contributed by atoms with Crippen molar-refractivity contribution in [2.24, 2.45) is 5.92 Å². The Morgan fingerprint density at radius 3 is 2.45 bits per heavy atom. The summed E-state index contributed by atoms with van der Waals surface area (Å²) in [5.41, 5.74) is 2.23. The summed E-state index contributed by atoms with van der Waals surface area (Å²) >= 11 is 0. The number of nitrogens with one attached hydrogen (secondary N) is 1. The molecular formula is C18H24N2O2. The number of aryl methyl sites for hydroxylation is 1. The van der Waals surface area contributed by atoms with Crippen molar-refractivity contribution in [3.8, 4) is 0 Å². The summed E-state index contributed by atoms with van der Waals surface area (Å²) in [6, 6.07) is 8.30. The monoisotopic (exact) mass is 300 g/mol. The molecule has 22 heavy (non-hydrogen) atoms. The first-order valence-corrected chi connectivity index (χ1v) is 8.19. The average molecular weight is 300 g/mol. The maximum atomic E-state index is 12.7. The normalized spacial score (nSPS) is 25.7. The summed E-state index contributed by atoms with van der Waals surface area (Å²) in [6.45, 7) is 2.04. The molecule has 1 saturated heterocycles. The standard InChI is InChI=1S/C18H24N2O2/c1-12-7-9-13(10-8-12)17-15(11-16(21)20(17)2)18(22)19-14-5-3-4-6-14/h7-10,14-15,17H,3-6,11H2,1-2H3,(H,19,22). The van der Waals surface area contributed by atoms with Crippen LogP contribution in [0.1, 0.15) is 49.3 Å². The molecule has 1 N–H and O–H groups in total. The van der Waals surface area contributed by atoms with Crippen molar-refractivity contribution < 1.29 is 9.59 Å². The Bertz CT molecular complexity index is 561. The number of nitrogens with zero attached hydrogens (tertiary/aromatic N) is 1. The lowest BCUT2D eigenvalue weighted by atomic mass is 9.92. The third-order valence-corrected chi connectivity index (χ3v) is 5.04. The van der Waals surface area contributed by atoms with Crippen molar-refractivity contribution in [1.82, 2.24) is 10.2 Å². The molecule has 118 valence electrons. The van der Waals surface area contributed by atoms with Crippen LogP contribution in [0, 0.1) is 12.8 Å². The van der Waals surface area contributed by atoms with Gasteiger partial charge in [0.15, 0.2) is 0 Å². The largest absolute Gasteiger partial charge is 0.353 e. The number of hydrogen-bond donors (Lipinski definition) is 1. The van der Waals surface area contributed by atoms with Gasteiger partial charge in [-0.3, -0.25) is 9.59 Å². The average Bonchev–Trinajstić information content (AvgIpc) is 3.10. The van der Waals surface area contributed by atoms with Crippen LogP contribution in [0.15, 0.2) is 24.3 Å². The first-order chi connectivity index (χ1) is 10.6. The first-order valence-electron chi connectivity index (χ1n) is 8.19. The van der Waals surface area contributed by atoms with E-state index in [1.54, 1.807) is 11.9 Å². The van der Waals surface area contributed by atoms with Crippen LogP contribution < -0.4 is 5.32 Å². The minimum atomic E-state index is -0.277. The van der Waals surface area contributed by atoms with Crippen LogP contribution in [0.2, 0.25) is 0 Å². The molecule has 1 aromatic rings. The zero-order valence-electron chi connectivity index (χ0n) is 13.3. The van der Waals surface area contributed by atoms with Gasteiger partial charge in [-0.2, -0.15) is 0 Å². The molecule has 3 rings (SSSR count). The van der Waals surface area contributed by atoms with Gasteiger partial charge in [0.05, 0.1) is 12.0 Å². The second-order valence-corrected chi connectivity index (χ2v) is 6.66. The number of hydrogen-bond acceptors (Lipinski definition) is 2. The zero-order chi connectivity index (χ0) is 15.7. The number of rotatable bonds is 3. The minimum Gasteiger partial charge on any atom is -0.353 e. The summed E-state index contributed by atoms with van der Waals surface area (Å²) < 4.78 is 0. The van der Waals surface area contributed by atoms with E-state index in [9.17, 15) is 9.59 Å². The summed E-state index contributed by atoms with van der Waals surface area (Å²) in [5, 5.41) is 3.16. The van der Waals surface area contributed by atoms with Crippen LogP contribution in [0.5, 0.6) is 0 Å². The van der Waals surface area contributed by atoms with E-state index in [-0.39, 0.29) is 23.8 Å². The molecule has 1 aliphatic heterocycles. The van der Waals surface area contributed by atoms with Crippen LogP contribution in [-0.4, -0.2) is 29.8 Å². The molecule has 1 aromatic carbocycles. The van der Waals surface area contributed by atoms with Gasteiger partial charge < -0.3 is 10.2 Å². The van der Waals surface area contributed by atoms with Gasteiger partial charge in [-0.25, -0.2) is 0 Å². The zero-order valence-corrected chi connectivity index (χ0v) is 13.3. The first kappa shape index (κ1) is 15.1. The Morgan fingerprint density at radius 2 is 1.82 bits per heavy atom. The number of likely N-dealkylation sites (tertiary alicyclic amines) is 1. The van der Waals surface area contributed by atoms with E-state index >= 15 is 0 Å². The Kier molecular flexibility index (Phi) is 4.19. The Hall–Kier alpha value is -1.84. The minimum absolute atomic E-state index is 0.0372. The third-order valence-electron chi connectivity index (χ3n) is 5.04. The molecule has 0 aromatic heterocycles. The van der Waals surface area contributed by atoms with Crippen molar-refractivity contribution in [3.63, 3.8) is 0 Å². The van der Waals surface area contributed by atoms with Crippen molar-refractivity contribution in [2.75, 3.05) is 7.05 Å². The van der Waals surface area contributed by atoms with E-state index in [0.29, 0.717) is 12.5 Å². The quantitative estimate of drug-likeness (QED) is 0.932. The van der Waals surface area contributed by atoms with E-state index in [4.69, 9.17) is 0 Å². The highest BCUT2D eigenvalue weighted by atomic mass is 16.2. The number of benzene rings is 1. The molecule has 2 unspecified atom stereocenters. The molecule has 2 atom stereocenters. The lowest BCUT2D eigenvalue weighted by Crippen LogP contribution is -2.39. The fourth-order valence-corrected chi connectivity index (χ4v) is 3.70. The molecule has 1 heterocycles. The molecule has 0 radical (unpaired) electrons. The van der Waals surface area contributed by atoms with Crippen molar-refractivity contribution in [2.45, 2.75) is 51.1 Å². The Labute approximate surface area is 131 Å². The van der Waals surface area contributed by atoms with E-state index < -0.39 is 0 Å². The van der Waals surface area contributed by atoms with Gasteiger partial charge in [-0.1, -0.05) is 42.7 Å². The molecule has 1 aliphatic carbocycles. The molecule has 1 saturated carbocycles. The number of carbonyl (C=O) groups excluding carboxylic acids is 2. The maximum absolute atomic E-state index is 12.7. The molecule has 0 bridgehead atoms. The molecule has 2 amide bonds. The summed E-state index contributed by atoms with van der Waals surface area (Å²) in [4.78, 5) is 26.5. The van der Waals surface area contributed by atoms with Crippen LogP contribution in [0.25, 0.3) is 0 Å². The maximum Gasteiger partial charge on any atom is 0.226 e. The van der Waals surface area contributed by atoms with Crippen LogP contribution in [-0.2, 0) is 9.59 Å². The highest BCUT2D eigenvalue weighted by Gasteiger charge is 2.43. The molecule has 0 spiro atoms. The van der Waals surface area contributed by atoms with E-state index in [2.05, 4.69) is 5.32 Å². The van der Waals surface area contributed by atoms with E-state index in [0.717, 1.165) is 18.4 Å². The van der Waals surface area contributed by atoms with Gasteiger partial charge in [-0.05, 0) is 25.3 Å². The van der Waals surface area contributed by atoms with Crippen molar-refractivity contribution in [1.29, 1.82) is 0 Å². The second kappa shape index (κ2) is 6.11. The fourth-order valence-electron chi connectivity index (χ4n) is 3.70. The number of amides is 2. The van der Waals surface area contributed by atoms with Gasteiger partial charge >= 0.3 is 0 Å². The van der Waals surface area contributed by atoms with Crippen LogP contribution >= 0.6 is 0 Å². The predicted molar refractivity (Wildman–Crippen MR) is 85.2 cm³/mol. The lowest BCUT2D eigenvalue weighted by Gasteiger charge is -2.26. The SMILES string of the molecule is Cc1ccc(C2C(C(=O)NC3CCCC3)CC(=O)N2C)cc1. The second-order valence-electron chi connectivity index (χ2n) is 6.66. The topological polar surface area (TPSA) is 49.4 Å².